The van der Waals surface area contributed by atoms with Gasteiger partial charge < -0.3 is 15.0 Å². The molecule has 24 heavy (non-hydrogen) atoms. The molecular formula is C18H26N2O3S. The van der Waals surface area contributed by atoms with E-state index in [1.165, 1.54) is 4.88 Å². The molecule has 0 spiro atoms. The van der Waals surface area contributed by atoms with E-state index in [0.717, 1.165) is 57.2 Å². The zero-order valence-electron chi connectivity index (χ0n) is 14.5. The van der Waals surface area contributed by atoms with Crippen molar-refractivity contribution in [1.29, 1.82) is 0 Å². The maximum atomic E-state index is 12.6. The van der Waals surface area contributed by atoms with Crippen molar-refractivity contribution < 1.29 is 14.3 Å². The molecule has 0 unspecified atom stereocenters. The maximum absolute atomic E-state index is 12.6. The number of rotatable bonds is 4. The molecule has 0 radical (unpaired) electrons. The van der Waals surface area contributed by atoms with Crippen molar-refractivity contribution in [1.82, 2.24) is 4.90 Å². The first-order valence-electron chi connectivity index (χ1n) is 8.91. The van der Waals surface area contributed by atoms with Crippen molar-refractivity contribution in [2.24, 2.45) is 5.92 Å². The largest absolute Gasteiger partial charge is 0.462 e. The van der Waals surface area contributed by atoms with Gasteiger partial charge >= 0.3 is 5.97 Å². The summed E-state index contributed by atoms with van der Waals surface area (Å²) in [5.41, 5.74) is 1.71. The topological polar surface area (TPSA) is 58.6 Å². The molecule has 1 fully saturated rings. The van der Waals surface area contributed by atoms with E-state index in [0.29, 0.717) is 17.2 Å². The van der Waals surface area contributed by atoms with Crippen LogP contribution >= 0.6 is 11.3 Å². The van der Waals surface area contributed by atoms with Crippen LogP contribution in [0.2, 0.25) is 0 Å². The Morgan fingerprint density at radius 2 is 1.96 bits per heavy atom. The number of nitrogens with one attached hydrogen (secondary N) is 1. The molecule has 2 heterocycles. The van der Waals surface area contributed by atoms with E-state index in [-0.39, 0.29) is 17.8 Å². The Morgan fingerprint density at radius 1 is 1.25 bits per heavy atom. The number of hydrogen-bond donors (Lipinski definition) is 1. The van der Waals surface area contributed by atoms with Crippen LogP contribution in [0, 0.1) is 5.92 Å². The standard InChI is InChI=1S/C18H26N2O3S/c1-3-23-18(22)15-13-6-4-5-7-14(13)24-17(15)19-16(21)12-8-10-20(2)11-9-12/h12H,3-11H2,1-2H3,(H,19,21). The molecule has 1 aliphatic carbocycles. The third kappa shape index (κ3) is 3.64. The zero-order chi connectivity index (χ0) is 17.1. The highest BCUT2D eigenvalue weighted by atomic mass is 32.1. The van der Waals surface area contributed by atoms with Gasteiger partial charge in [0.25, 0.3) is 0 Å². The van der Waals surface area contributed by atoms with Crippen LogP contribution in [0.3, 0.4) is 0 Å². The Morgan fingerprint density at radius 3 is 2.67 bits per heavy atom. The van der Waals surface area contributed by atoms with Crippen LogP contribution in [0.4, 0.5) is 5.00 Å². The minimum atomic E-state index is -0.296. The number of nitrogens with zero attached hydrogens (tertiary/aromatic N) is 1. The first kappa shape index (κ1) is 17.4. The lowest BCUT2D eigenvalue weighted by atomic mass is 9.95. The molecule has 1 aromatic rings. The summed E-state index contributed by atoms with van der Waals surface area (Å²) in [5, 5.41) is 3.75. The van der Waals surface area contributed by atoms with E-state index in [1.807, 2.05) is 6.92 Å². The van der Waals surface area contributed by atoms with Crippen molar-refractivity contribution in [3.05, 3.63) is 16.0 Å². The molecule has 1 N–H and O–H groups in total. The van der Waals surface area contributed by atoms with Crippen LogP contribution in [0.5, 0.6) is 0 Å². The molecule has 1 aromatic heterocycles. The summed E-state index contributed by atoms with van der Waals surface area (Å²) in [7, 11) is 2.08. The number of fused-ring (bicyclic) bond motifs is 1. The highest BCUT2D eigenvalue weighted by Crippen LogP contribution is 2.39. The number of amides is 1. The number of likely N-dealkylation sites (tertiary alicyclic amines) is 1. The van der Waals surface area contributed by atoms with E-state index in [1.54, 1.807) is 11.3 Å². The average Bonchev–Trinajstić information content (AvgIpc) is 2.93. The maximum Gasteiger partial charge on any atom is 0.341 e. The lowest BCUT2D eigenvalue weighted by molar-refractivity contribution is -0.121. The molecule has 1 aliphatic heterocycles. The second-order valence-corrected chi connectivity index (χ2v) is 7.81. The van der Waals surface area contributed by atoms with Gasteiger partial charge in [-0.2, -0.15) is 0 Å². The van der Waals surface area contributed by atoms with E-state index in [4.69, 9.17) is 4.74 Å². The molecule has 0 aromatic carbocycles. The zero-order valence-corrected chi connectivity index (χ0v) is 15.3. The molecule has 0 bridgehead atoms. The fraction of sp³-hybridized carbons (Fsp3) is 0.667. The lowest BCUT2D eigenvalue weighted by Crippen LogP contribution is -2.36. The van der Waals surface area contributed by atoms with Gasteiger partial charge in [-0.3, -0.25) is 4.79 Å². The summed E-state index contributed by atoms with van der Waals surface area (Å²) >= 11 is 1.57. The van der Waals surface area contributed by atoms with Crippen molar-refractivity contribution in [2.75, 3.05) is 32.1 Å². The summed E-state index contributed by atoms with van der Waals surface area (Å²) in [6.07, 6.45) is 5.90. The Kier molecular flexibility index (Phi) is 5.56. The third-order valence-electron chi connectivity index (χ3n) is 4.98. The molecule has 0 saturated carbocycles. The lowest BCUT2D eigenvalue weighted by Gasteiger charge is -2.27. The molecular weight excluding hydrogens is 324 g/mol. The fourth-order valence-electron chi connectivity index (χ4n) is 3.56. The van der Waals surface area contributed by atoms with Crippen LogP contribution in [-0.4, -0.2) is 43.5 Å². The fourth-order valence-corrected chi connectivity index (χ4v) is 4.84. The number of piperidine rings is 1. The molecule has 1 amide bonds. The SMILES string of the molecule is CCOC(=O)c1c(NC(=O)C2CCN(C)CC2)sc2c1CCCC2. The van der Waals surface area contributed by atoms with Gasteiger partial charge in [-0.15, -0.1) is 11.3 Å². The Balaban J connectivity index is 1.80. The number of carbonyl (C=O) groups excluding carboxylic acids is 2. The molecule has 5 nitrogen and oxygen atoms in total. The molecule has 0 atom stereocenters. The highest BCUT2D eigenvalue weighted by molar-refractivity contribution is 7.17. The number of ether oxygens (including phenoxy) is 1. The smallest absolute Gasteiger partial charge is 0.341 e. The number of hydrogen-bond acceptors (Lipinski definition) is 5. The number of esters is 1. The summed E-state index contributed by atoms with van der Waals surface area (Å²) in [5.74, 6) is -0.210. The average molecular weight is 350 g/mol. The minimum Gasteiger partial charge on any atom is -0.462 e. The number of anilines is 1. The predicted molar refractivity (Wildman–Crippen MR) is 95.8 cm³/mol. The Labute approximate surface area is 147 Å². The van der Waals surface area contributed by atoms with E-state index in [9.17, 15) is 9.59 Å². The summed E-state index contributed by atoms with van der Waals surface area (Å²) in [6, 6.07) is 0. The van der Waals surface area contributed by atoms with Gasteiger partial charge in [0.15, 0.2) is 0 Å². The minimum absolute atomic E-state index is 0.0374. The van der Waals surface area contributed by atoms with Crippen LogP contribution < -0.4 is 5.32 Å². The van der Waals surface area contributed by atoms with Crippen LogP contribution in [0.25, 0.3) is 0 Å². The Bertz CT molecular complexity index is 618. The van der Waals surface area contributed by atoms with Crippen LogP contribution in [0.1, 0.15) is 53.4 Å². The second-order valence-electron chi connectivity index (χ2n) is 6.70. The molecule has 132 valence electrons. The normalized spacial score (nSPS) is 18.9. The molecule has 2 aliphatic rings. The first-order valence-corrected chi connectivity index (χ1v) is 9.72. The van der Waals surface area contributed by atoms with Crippen LogP contribution in [0.15, 0.2) is 0 Å². The van der Waals surface area contributed by atoms with Crippen molar-refractivity contribution in [2.45, 2.75) is 45.4 Å². The van der Waals surface area contributed by atoms with E-state index >= 15 is 0 Å². The number of thiophene rings is 1. The number of carbonyl (C=O) groups is 2. The van der Waals surface area contributed by atoms with Gasteiger partial charge in [-0.25, -0.2) is 4.79 Å². The summed E-state index contributed by atoms with van der Waals surface area (Å²) in [6.45, 7) is 4.06. The molecule has 1 saturated heterocycles. The number of aryl methyl sites for hydroxylation is 1. The van der Waals surface area contributed by atoms with Gasteiger partial charge in [0, 0.05) is 10.8 Å². The van der Waals surface area contributed by atoms with E-state index < -0.39 is 0 Å². The highest BCUT2D eigenvalue weighted by Gasteiger charge is 2.29. The second kappa shape index (κ2) is 7.66. The molecule has 3 rings (SSSR count). The first-order chi connectivity index (χ1) is 11.6. The molecule has 6 heteroatoms. The Hall–Kier alpha value is -1.40. The van der Waals surface area contributed by atoms with Crippen molar-refractivity contribution in [3.8, 4) is 0 Å². The van der Waals surface area contributed by atoms with Crippen molar-refractivity contribution >= 4 is 28.2 Å². The van der Waals surface area contributed by atoms with Crippen LogP contribution in [-0.2, 0) is 22.4 Å². The summed E-state index contributed by atoms with van der Waals surface area (Å²) < 4.78 is 5.24. The van der Waals surface area contributed by atoms with Gasteiger partial charge in [0.1, 0.15) is 5.00 Å². The summed E-state index contributed by atoms with van der Waals surface area (Å²) in [4.78, 5) is 28.6. The predicted octanol–water partition coefficient (Wildman–Crippen LogP) is 3.08. The van der Waals surface area contributed by atoms with Gasteiger partial charge in [-0.05, 0) is 71.1 Å². The van der Waals surface area contributed by atoms with Crippen molar-refractivity contribution in [3.63, 3.8) is 0 Å². The quantitative estimate of drug-likeness (QED) is 0.848. The van der Waals surface area contributed by atoms with Gasteiger partial charge in [0.05, 0.1) is 12.2 Å². The third-order valence-corrected chi connectivity index (χ3v) is 6.18. The monoisotopic (exact) mass is 350 g/mol. The van der Waals surface area contributed by atoms with E-state index in [2.05, 4.69) is 17.3 Å². The van der Waals surface area contributed by atoms with Gasteiger partial charge in [0.2, 0.25) is 5.91 Å². The van der Waals surface area contributed by atoms with Gasteiger partial charge in [-0.1, -0.05) is 0 Å².